The van der Waals surface area contributed by atoms with E-state index in [1.54, 1.807) is 24.5 Å². The van der Waals surface area contributed by atoms with Gasteiger partial charge in [-0.3, -0.25) is 4.98 Å². The van der Waals surface area contributed by atoms with Crippen LogP contribution < -0.4 is 0 Å². The van der Waals surface area contributed by atoms with Crippen LogP contribution in [0, 0.1) is 0 Å². The summed E-state index contributed by atoms with van der Waals surface area (Å²) in [5.41, 5.74) is 1.37. The molecule has 0 aliphatic rings. The van der Waals surface area contributed by atoms with Crippen molar-refractivity contribution < 1.29 is 9.90 Å². The van der Waals surface area contributed by atoms with E-state index in [1.807, 2.05) is 13.8 Å². The largest absolute Gasteiger partial charge is 0.477 e. The first-order valence-electron chi connectivity index (χ1n) is 5.23. The molecule has 0 aliphatic heterocycles. The highest BCUT2D eigenvalue weighted by molar-refractivity contribution is 5.86. The van der Waals surface area contributed by atoms with E-state index in [4.69, 9.17) is 5.11 Å². The quantitative estimate of drug-likeness (QED) is 0.857. The molecule has 88 valence electrons. The Morgan fingerprint density at radius 1 is 1.18 bits per heavy atom. The molecule has 2 aromatic heterocycles. The molecule has 5 heteroatoms. The first-order valence-corrected chi connectivity index (χ1v) is 5.23. The number of carboxylic acid groups (broad SMARTS) is 1. The van der Waals surface area contributed by atoms with Crippen molar-refractivity contribution in [1.82, 2.24) is 15.0 Å². The van der Waals surface area contributed by atoms with Crippen LogP contribution in [0.2, 0.25) is 0 Å². The molecule has 0 saturated heterocycles. The summed E-state index contributed by atoms with van der Waals surface area (Å²) in [7, 11) is 0. The molecule has 2 heterocycles. The first-order chi connectivity index (χ1) is 8.27. The first kappa shape index (κ1) is 12.8. The van der Waals surface area contributed by atoms with Gasteiger partial charge in [0.25, 0.3) is 0 Å². The third-order valence-corrected chi connectivity index (χ3v) is 1.86. The van der Waals surface area contributed by atoms with Crippen molar-refractivity contribution in [3.05, 3.63) is 42.6 Å². The summed E-state index contributed by atoms with van der Waals surface area (Å²) in [5.74, 6) is -1.06. The van der Waals surface area contributed by atoms with Crippen molar-refractivity contribution in [3.8, 4) is 11.3 Å². The number of hydrogen-bond acceptors (Lipinski definition) is 4. The molecule has 0 radical (unpaired) electrons. The fourth-order valence-electron chi connectivity index (χ4n) is 1.15. The lowest BCUT2D eigenvalue weighted by Gasteiger charge is -1.99. The maximum absolute atomic E-state index is 10.7. The van der Waals surface area contributed by atoms with Crippen molar-refractivity contribution in [2.24, 2.45) is 0 Å². The fraction of sp³-hybridized carbons (Fsp3) is 0.167. The summed E-state index contributed by atoms with van der Waals surface area (Å²) in [6, 6.07) is 4.94. The Hall–Kier alpha value is -2.30. The summed E-state index contributed by atoms with van der Waals surface area (Å²) < 4.78 is 0. The van der Waals surface area contributed by atoms with Gasteiger partial charge in [-0.2, -0.15) is 0 Å². The van der Waals surface area contributed by atoms with Crippen molar-refractivity contribution in [2.45, 2.75) is 13.8 Å². The Bertz CT molecular complexity index is 486. The monoisotopic (exact) mass is 231 g/mol. The lowest BCUT2D eigenvalue weighted by Crippen LogP contribution is -2.01. The lowest BCUT2D eigenvalue weighted by molar-refractivity contribution is 0.0690. The van der Waals surface area contributed by atoms with Crippen molar-refractivity contribution in [2.75, 3.05) is 0 Å². The molecular weight excluding hydrogens is 218 g/mol. The van der Waals surface area contributed by atoms with Gasteiger partial charge in [-0.25, -0.2) is 14.8 Å². The molecule has 1 N–H and O–H groups in total. The van der Waals surface area contributed by atoms with Crippen LogP contribution in [0.1, 0.15) is 24.3 Å². The SMILES string of the molecule is CC.O=C(O)c1cc(-c2ccncc2)ncn1. The maximum Gasteiger partial charge on any atom is 0.354 e. The number of aromatic nitrogens is 3. The van der Waals surface area contributed by atoms with Gasteiger partial charge in [-0.05, 0) is 18.2 Å². The number of rotatable bonds is 2. The van der Waals surface area contributed by atoms with Gasteiger partial charge in [0.2, 0.25) is 0 Å². The predicted molar refractivity (Wildman–Crippen MR) is 63.6 cm³/mol. The zero-order chi connectivity index (χ0) is 12.7. The van der Waals surface area contributed by atoms with Gasteiger partial charge < -0.3 is 5.11 Å². The lowest BCUT2D eigenvalue weighted by atomic mass is 10.2. The third kappa shape index (κ3) is 3.34. The van der Waals surface area contributed by atoms with E-state index in [0.717, 1.165) is 5.56 Å². The number of carbonyl (C=O) groups is 1. The molecule has 0 amide bonds. The molecule has 0 aromatic carbocycles. The maximum atomic E-state index is 10.7. The highest BCUT2D eigenvalue weighted by Gasteiger charge is 2.06. The summed E-state index contributed by atoms with van der Waals surface area (Å²) in [4.78, 5) is 22.2. The topological polar surface area (TPSA) is 76.0 Å². The van der Waals surface area contributed by atoms with Gasteiger partial charge in [-0.15, -0.1) is 0 Å². The van der Waals surface area contributed by atoms with E-state index in [2.05, 4.69) is 15.0 Å². The zero-order valence-corrected chi connectivity index (χ0v) is 9.66. The smallest absolute Gasteiger partial charge is 0.354 e. The van der Waals surface area contributed by atoms with Crippen LogP contribution in [-0.2, 0) is 0 Å². The Morgan fingerprint density at radius 2 is 1.82 bits per heavy atom. The molecule has 2 rings (SSSR count). The van der Waals surface area contributed by atoms with Gasteiger partial charge in [0.05, 0.1) is 5.69 Å². The average Bonchev–Trinajstić information content (AvgIpc) is 2.42. The molecule has 0 fully saturated rings. The minimum Gasteiger partial charge on any atom is -0.477 e. The number of hydrogen-bond donors (Lipinski definition) is 1. The van der Waals surface area contributed by atoms with Crippen molar-refractivity contribution in [3.63, 3.8) is 0 Å². The summed E-state index contributed by atoms with van der Waals surface area (Å²) >= 11 is 0. The third-order valence-electron chi connectivity index (χ3n) is 1.86. The average molecular weight is 231 g/mol. The molecular formula is C12H13N3O2. The Morgan fingerprint density at radius 3 is 2.41 bits per heavy atom. The highest BCUT2D eigenvalue weighted by atomic mass is 16.4. The zero-order valence-electron chi connectivity index (χ0n) is 9.66. The van der Waals surface area contributed by atoms with E-state index in [9.17, 15) is 4.79 Å². The molecule has 0 spiro atoms. The van der Waals surface area contributed by atoms with Crippen LogP contribution in [0.5, 0.6) is 0 Å². The molecule has 17 heavy (non-hydrogen) atoms. The minimum atomic E-state index is -1.06. The number of carboxylic acids is 1. The Labute approximate surface area is 99.2 Å². The van der Waals surface area contributed by atoms with Crippen LogP contribution in [-0.4, -0.2) is 26.0 Å². The van der Waals surface area contributed by atoms with Crippen LogP contribution in [0.25, 0.3) is 11.3 Å². The van der Waals surface area contributed by atoms with E-state index < -0.39 is 5.97 Å². The van der Waals surface area contributed by atoms with Gasteiger partial charge in [0, 0.05) is 18.0 Å². The molecule has 0 aliphatic carbocycles. The highest BCUT2D eigenvalue weighted by Crippen LogP contribution is 2.15. The van der Waals surface area contributed by atoms with Gasteiger partial charge in [0.15, 0.2) is 5.69 Å². The minimum absolute atomic E-state index is 0.0168. The summed E-state index contributed by atoms with van der Waals surface area (Å²) in [6.07, 6.45) is 4.48. The fourth-order valence-corrected chi connectivity index (χ4v) is 1.15. The van der Waals surface area contributed by atoms with Crippen LogP contribution in [0.4, 0.5) is 0 Å². The number of nitrogens with zero attached hydrogens (tertiary/aromatic N) is 3. The number of aromatic carboxylic acids is 1. The standard InChI is InChI=1S/C10H7N3O2.C2H6/c14-10(15)9-5-8(12-6-13-9)7-1-3-11-4-2-7;1-2/h1-6H,(H,14,15);1-2H3. The predicted octanol–water partition coefficient (Wildman–Crippen LogP) is 2.26. The second-order valence-corrected chi connectivity index (χ2v) is 2.83. The second-order valence-electron chi connectivity index (χ2n) is 2.83. The van der Waals surface area contributed by atoms with Crippen molar-refractivity contribution >= 4 is 5.97 Å². The van der Waals surface area contributed by atoms with Gasteiger partial charge >= 0.3 is 5.97 Å². The van der Waals surface area contributed by atoms with Crippen LogP contribution in [0.15, 0.2) is 36.9 Å². The Kier molecular flexibility index (Phi) is 4.75. The molecule has 0 bridgehead atoms. The number of pyridine rings is 1. The second kappa shape index (κ2) is 6.32. The molecule has 5 nitrogen and oxygen atoms in total. The molecule has 0 saturated carbocycles. The van der Waals surface area contributed by atoms with E-state index in [0.29, 0.717) is 5.69 Å². The van der Waals surface area contributed by atoms with Crippen molar-refractivity contribution in [1.29, 1.82) is 0 Å². The Balaban J connectivity index is 0.000000686. The molecule has 0 atom stereocenters. The summed E-state index contributed by atoms with van der Waals surface area (Å²) in [5, 5.41) is 8.75. The van der Waals surface area contributed by atoms with Crippen LogP contribution in [0.3, 0.4) is 0 Å². The summed E-state index contributed by atoms with van der Waals surface area (Å²) in [6.45, 7) is 4.00. The van der Waals surface area contributed by atoms with E-state index >= 15 is 0 Å². The molecule has 0 unspecified atom stereocenters. The van der Waals surface area contributed by atoms with E-state index in [1.165, 1.54) is 12.4 Å². The van der Waals surface area contributed by atoms with Gasteiger partial charge in [0.1, 0.15) is 6.33 Å². The molecule has 2 aromatic rings. The van der Waals surface area contributed by atoms with Crippen LogP contribution >= 0.6 is 0 Å². The van der Waals surface area contributed by atoms with Gasteiger partial charge in [-0.1, -0.05) is 13.8 Å². The normalized spacial score (nSPS) is 9.06. The van der Waals surface area contributed by atoms with E-state index in [-0.39, 0.29) is 5.69 Å².